The molecule has 4 atom stereocenters. The van der Waals surface area contributed by atoms with Crippen LogP contribution in [0.25, 0.3) is 10.1 Å². The largest absolute Gasteiger partial charge is 0.345 e. The number of quaternary nitrogens is 1. The first kappa shape index (κ1) is 31.2. The van der Waals surface area contributed by atoms with Crippen molar-refractivity contribution >= 4 is 50.7 Å². The molecule has 0 aliphatic carbocycles. The fourth-order valence-electron chi connectivity index (χ4n) is 5.99. The third kappa shape index (κ3) is 6.47. The van der Waals surface area contributed by atoms with Crippen LogP contribution in [-0.4, -0.2) is 48.3 Å². The summed E-state index contributed by atoms with van der Waals surface area (Å²) >= 11 is 1.58. The minimum absolute atomic E-state index is 0.154. The molecule has 232 valence electrons. The Labute approximate surface area is 260 Å². The molecule has 0 saturated heterocycles. The van der Waals surface area contributed by atoms with E-state index in [0.29, 0.717) is 31.4 Å². The predicted molar refractivity (Wildman–Crippen MR) is 170 cm³/mol. The summed E-state index contributed by atoms with van der Waals surface area (Å²) in [4.78, 5) is 55.9. The van der Waals surface area contributed by atoms with Crippen LogP contribution >= 0.6 is 11.3 Å². The van der Waals surface area contributed by atoms with E-state index in [1.807, 2.05) is 61.7 Å². The van der Waals surface area contributed by atoms with Gasteiger partial charge < -0.3 is 27.1 Å². The molecule has 0 radical (unpaired) electrons. The number of carbonyl (C=O) groups excluding carboxylic acids is 4. The van der Waals surface area contributed by atoms with Crippen LogP contribution in [0, 0.1) is 5.92 Å². The Balaban J connectivity index is 1.32. The number of carbonyl (C=O) groups is 4. The van der Waals surface area contributed by atoms with Gasteiger partial charge in [0, 0.05) is 11.1 Å². The summed E-state index contributed by atoms with van der Waals surface area (Å²) in [5.74, 6) is 3.83. The quantitative estimate of drug-likeness (QED) is 0.138. The summed E-state index contributed by atoms with van der Waals surface area (Å²) in [7, 11) is 0. The first-order valence-electron chi connectivity index (χ1n) is 14.9. The zero-order valence-electron chi connectivity index (χ0n) is 25.0. The Bertz CT molecular complexity index is 1600. The molecular formula is C32H40N7O4S+. The van der Waals surface area contributed by atoms with Crippen molar-refractivity contribution in [3.05, 3.63) is 76.4 Å². The van der Waals surface area contributed by atoms with Gasteiger partial charge in [0.15, 0.2) is 0 Å². The topological polar surface area (TPSA) is 173 Å². The van der Waals surface area contributed by atoms with E-state index in [2.05, 4.69) is 27.1 Å². The first-order chi connectivity index (χ1) is 21.2. The Morgan fingerprint density at radius 2 is 1.93 bits per heavy atom. The third-order valence-electron chi connectivity index (χ3n) is 8.53. The molecule has 0 bridgehead atoms. The summed E-state index contributed by atoms with van der Waals surface area (Å²) < 4.78 is 1.10. The highest BCUT2D eigenvalue weighted by molar-refractivity contribution is 7.17. The van der Waals surface area contributed by atoms with Gasteiger partial charge in [-0.2, -0.15) is 0 Å². The Hall–Kier alpha value is -4.26. The van der Waals surface area contributed by atoms with Gasteiger partial charge in [-0.3, -0.25) is 29.9 Å². The van der Waals surface area contributed by atoms with Gasteiger partial charge in [0.05, 0.1) is 24.9 Å². The standard InChI is InChI=1S/C32H39N7O4S/c1-3-18(2)28(38-27(40)14-21-17-44-26-10-5-4-9-23(21)26)31(42)37-24-12-11-19-7-6-8-20-13-25(39(29(19)20)32(24)43)30(41)35-15-22(33)16-36-34/h4-10,16-18,24-25,28,36H,3,11-15,33-34H2,1-2H3,(H,35,41)(H,37,42)(H,38,40)/p+1/b22-16-/t18-,24-,25-,28-/m0/s1. The van der Waals surface area contributed by atoms with E-state index < -0.39 is 24.0 Å². The normalized spacial score (nSPS) is 19.1. The zero-order chi connectivity index (χ0) is 31.4. The minimum atomic E-state index is -0.856. The number of amides is 4. The molecule has 5 rings (SSSR count). The maximum absolute atomic E-state index is 14.1. The van der Waals surface area contributed by atoms with E-state index in [1.54, 1.807) is 16.2 Å². The lowest BCUT2D eigenvalue weighted by atomic mass is 9.96. The fraction of sp³-hybridized carbons (Fsp3) is 0.375. The molecule has 2 aliphatic rings. The molecular weight excluding hydrogens is 578 g/mol. The van der Waals surface area contributed by atoms with Crippen LogP contribution in [0.3, 0.4) is 0 Å². The second kappa shape index (κ2) is 13.6. The average molecular weight is 619 g/mol. The van der Waals surface area contributed by atoms with E-state index >= 15 is 0 Å². The molecule has 11 nitrogen and oxygen atoms in total. The lowest BCUT2D eigenvalue weighted by Crippen LogP contribution is -2.59. The van der Waals surface area contributed by atoms with Gasteiger partial charge in [0.1, 0.15) is 23.8 Å². The van der Waals surface area contributed by atoms with Crippen molar-refractivity contribution in [3.63, 3.8) is 0 Å². The van der Waals surface area contributed by atoms with Gasteiger partial charge in [-0.15, -0.1) is 11.3 Å². The molecule has 2 aromatic carbocycles. The molecule has 0 unspecified atom stereocenters. The van der Waals surface area contributed by atoms with Crippen molar-refractivity contribution in [1.82, 2.24) is 21.4 Å². The van der Waals surface area contributed by atoms with Gasteiger partial charge >= 0.3 is 0 Å². The predicted octanol–water partition coefficient (Wildman–Crippen LogP) is 1.03. The highest BCUT2D eigenvalue weighted by Crippen LogP contribution is 2.39. The number of nitrogens with one attached hydrogen (secondary N) is 4. The molecule has 4 amide bonds. The van der Waals surface area contributed by atoms with Gasteiger partial charge in [0.2, 0.25) is 23.6 Å². The summed E-state index contributed by atoms with van der Waals surface area (Å²) in [5.41, 5.74) is 10.4. The number of benzene rings is 2. The van der Waals surface area contributed by atoms with Crippen LogP contribution in [0.15, 0.2) is 59.7 Å². The highest BCUT2D eigenvalue weighted by Gasteiger charge is 2.44. The Morgan fingerprint density at radius 3 is 2.70 bits per heavy atom. The van der Waals surface area contributed by atoms with Crippen LogP contribution in [0.4, 0.5) is 5.69 Å². The number of para-hydroxylation sites is 1. The van der Waals surface area contributed by atoms with Gasteiger partial charge in [-0.05, 0) is 52.3 Å². The van der Waals surface area contributed by atoms with E-state index in [4.69, 9.17) is 5.84 Å². The van der Waals surface area contributed by atoms with E-state index in [1.165, 1.54) is 6.20 Å². The van der Waals surface area contributed by atoms with Gasteiger partial charge in [-0.1, -0.05) is 56.7 Å². The second-order valence-electron chi connectivity index (χ2n) is 11.5. The lowest BCUT2D eigenvalue weighted by Gasteiger charge is -2.30. The van der Waals surface area contributed by atoms with Crippen molar-refractivity contribution in [2.45, 2.75) is 64.1 Å². The van der Waals surface area contributed by atoms with E-state index in [0.717, 1.165) is 32.5 Å². The monoisotopic (exact) mass is 618 g/mol. The molecule has 44 heavy (non-hydrogen) atoms. The van der Waals surface area contributed by atoms with Crippen molar-refractivity contribution in [2.75, 3.05) is 11.4 Å². The van der Waals surface area contributed by atoms with Gasteiger partial charge in [0.25, 0.3) is 0 Å². The van der Waals surface area contributed by atoms with Crippen molar-refractivity contribution in [1.29, 1.82) is 0 Å². The second-order valence-corrected chi connectivity index (χ2v) is 12.4. The lowest BCUT2D eigenvalue weighted by molar-refractivity contribution is -0.304. The number of nitrogens with two attached hydrogens (primary N) is 1. The average Bonchev–Trinajstić information content (AvgIpc) is 3.58. The zero-order valence-corrected chi connectivity index (χ0v) is 25.8. The fourth-order valence-corrected chi connectivity index (χ4v) is 6.96. The Morgan fingerprint density at radius 1 is 1.16 bits per heavy atom. The number of hydrogen-bond acceptors (Lipinski definition) is 7. The van der Waals surface area contributed by atoms with Crippen LogP contribution in [0.5, 0.6) is 0 Å². The maximum atomic E-state index is 14.1. The summed E-state index contributed by atoms with van der Waals surface area (Å²) in [6.07, 6.45) is 3.60. The number of hydrogen-bond donors (Lipinski definition) is 6. The third-order valence-corrected chi connectivity index (χ3v) is 9.54. The number of aryl methyl sites for hydroxylation is 1. The SMILES string of the molecule is CC[C@H](C)[C@H](NC(=O)Cc1csc2ccccc12)C(=O)N[C@H]1CCc2cccc3c2N(C1=O)[C@H](C(=O)NC/C([NH3+])=C/NN)C3. The number of thiophene rings is 1. The molecule has 2 aliphatic heterocycles. The maximum Gasteiger partial charge on any atom is 0.250 e. The number of nitrogens with zero attached hydrogens (tertiary/aromatic N) is 1. The van der Waals surface area contributed by atoms with E-state index in [9.17, 15) is 19.2 Å². The van der Waals surface area contributed by atoms with Crippen LogP contribution in [-0.2, 0) is 38.4 Å². The highest BCUT2D eigenvalue weighted by atomic mass is 32.1. The van der Waals surface area contributed by atoms with Crippen LogP contribution < -0.4 is 37.9 Å². The smallest absolute Gasteiger partial charge is 0.250 e. The van der Waals surface area contributed by atoms with Crippen molar-refractivity contribution in [2.24, 2.45) is 11.8 Å². The number of hydrazine groups is 1. The molecule has 1 aromatic heterocycles. The molecule has 3 aromatic rings. The summed E-state index contributed by atoms with van der Waals surface area (Å²) in [5, 5.41) is 11.8. The summed E-state index contributed by atoms with van der Waals surface area (Å²) in [6.45, 7) is 4.04. The van der Waals surface area contributed by atoms with Crippen molar-refractivity contribution < 1.29 is 24.9 Å². The Kier molecular flexibility index (Phi) is 9.62. The first-order valence-corrected chi connectivity index (χ1v) is 15.8. The molecule has 9 N–H and O–H groups in total. The molecule has 3 heterocycles. The summed E-state index contributed by atoms with van der Waals surface area (Å²) in [6, 6.07) is 11.3. The molecule has 0 fully saturated rings. The van der Waals surface area contributed by atoms with Gasteiger partial charge in [-0.25, -0.2) is 0 Å². The van der Waals surface area contributed by atoms with Crippen LogP contribution in [0.1, 0.15) is 43.4 Å². The molecule has 0 saturated carbocycles. The molecule has 12 heteroatoms. The number of rotatable bonds is 11. The minimum Gasteiger partial charge on any atom is -0.345 e. The number of anilines is 1. The molecule has 0 spiro atoms. The van der Waals surface area contributed by atoms with Crippen LogP contribution in [0.2, 0.25) is 0 Å². The van der Waals surface area contributed by atoms with E-state index in [-0.39, 0.29) is 36.6 Å². The number of fused-ring (bicyclic) bond motifs is 1. The van der Waals surface area contributed by atoms with Crippen molar-refractivity contribution in [3.8, 4) is 0 Å².